The molecule has 0 atom stereocenters. The van der Waals surface area contributed by atoms with Crippen molar-refractivity contribution in [2.75, 3.05) is 4.90 Å². The summed E-state index contributed by atoms with van der Waals surface area (Å²) in [5, 5.41) is 25.7. The van der Waals surface area contributed by atoms with Crippen molar-refractivity contribution in [3.05, 3.63) is 65.4 Å². The molecule has 2 aromatic carbocycles. The number of urea groups is 1. The van der Waals surface area contributed by atoms with Crippen LogP contribution in [0.15, 0.2) is 48.7 Å². The number of hydrogen-bond acceptors (Lipinski definition) is 7. The van der Waals surface area contributed by atoms with Crippen molar-refractivity contribution in [3.8, 4) is 17.3 Å². The number of amides is 4. The minimum Gasteiger partial charge on any atom is -0.305 e. The number of nitrogens with one attached hydrogen (secondary N) is 1. The molecule has 1 aliphatic rings. The fourth-order valence-corrected chi connectivity index (χ4v) is 4.29. The quantitative estimate of drug-likeness (QED) is 0.244. The number of halogens is 3. The molecular weight excluding hydrogens is 531 g/mol. The van der Waals surface area contributed by atoms with Gasteiger partial charge in [0.2, 0.25) is 5.91 Å². The van der Waals surface area contributed by atoms with E-state index in [1.165, 1.54) is 24.8 Å². The van der Waals surface area contributed by atoms with E-state index in [1.807, 2.05) is 0 Å². The zero-order valence-corrected chi connectivity index (χ0v) is 21.4. The van der Waals surface area contributed by atoms with Crippen LogP contribution in [0.25, 0.3) is 11.3 Å². The van der Waals surface area contributed by atoms with Gasteiger partial charge in [0.05, 0.1) is 29.1 Å². The number of carbonyl (C=O) groups excluding carboxylic acids is 3. The minimum atomic E-state index is -4.84. The summed E-state index contributed by atoms with van der Waals surface area (Å²) < 4.78 is 42.0. The molecule has 4 rings (SSSR count). The van der Waals surface area contributed by atoms with E-state index in [1.54, 1.807) is 40.6 Å². The van der Waals surface area contributed by atoms with Gasteiger partial charge in [-0.2, -0.15) is 18.4 Å². The van der Waals surface area contributed by atoms with Crippen LogP contribution in [-0.2, 0) is 28.9 Å². The summed E-state index contributed by atoms with van der Waals surface area (Å²) in [6, 6.07) is 10.4. The maximum atomic E-state index is 13.5. The number of alkyl halides is 3. The summed E-state index contributed by atoms with van der Waals surface area (Å²) in [7, 11) is 0. The monoisotopic (exact) mass is 555 g/mol. The van der Waals surface area contributed by atoms with Crippen LogP contribution in [0.4, 0.5) is 23.7 Å². The average molecular weight is 556 g/mol. The second-order valence-electron chi connectivity index (χ2n) is 9.61. The number of anilines is 1. The lowest BCUT2D eigenvalue weighted by atomic mass is 10.0. The van der Waals surface area contributed by atoms with Gasteiger partial charge in [-0.15, -0.1) is 5.10 Å². The third kappa shape index (κ3) is 5.50. The second kappa shape index (κ2) is 10.8. The summed E-state index contributed by atoms with van der Waals surface area (Å²) in [5.41, 5.74) is 0.0639. The van der Waals surface area contributed by atoms with Gasteiger partial charge in [0.1, 0.15) is 11.2 Å². The van der Waals surface area contributed by atoms with E-state index in [2.05, 4.69) is 10.3 Å². The third-order valence-electron chi connectivity index (χ3n) is 6.56. The van der Waals surface area contributed by atoms with Gasteiger partial charge in [-0.05, 0) is 44.0 Å². The Kier molecular flexibility index (Phi) is 7.61. The van der Waals surface area contributed by atoms with Crippen molar-refractivity contribution in [1.29, 1.82) is 5.26 Å². The van der Waals surface area contributed by atoms with E-state index < -0.39 is 40.7 Å². The van der Waals surface area contributed by atoms with Crippen LogP contribution < -0.4 is 10.4 Å². The van der Waals surface area contributed by atoms with Gasteiger partial charge in [-0.25, -0.2) is 15.2 Å². The lowest BCUT2D eigenvalue weighted by molar-refractivity contribution is -0.137. The zero-order chi connectivity index (χ0) is 29.2. The number of aryl methyl sites for hydroxylation is 1. The van der Waals surface area contributed by atoms with E-state index in [9.17, 15) is 27.6 Å². The lowest BCUT2D eigenvalue weighted by Gasteiger charge is -2.27. The van der Waals surface area contributed by atoms with Gasteiger partial charge in [-0.1, -0.05) is 29.5 Å². The summed E-state index contributed by atoms with van der Waals surface area (Å²) in [5.74, 6) is -1.19. The predicted molar refractivity (Wildman–Crippen MR) is 133 cm³/mol. The number of rotatable bonds is 8. The first-order valence-electron chi connectivity index (χ1n) is 12.1. The van der Waals surface area contributed by atoms with Gasteiger partial charge in [-0.3, -0.25) is 19.5 Å². The molecule has 2 heterocycles. The van der Waals surface area contributed by atoms with Crippen LogP contribution in [0.3, 0.4) is 0 Å². The molecule has 1 aromatic heterocycles. The molecule has 0 saturated carbocycles. The maximum absolute atomic E-state index is 13.5. The molecule has 2 N–H and O–H groups in total. The summed E-state index contributed by atoms with van der Waals surface area (Å²) in [6.07, 6.45) is -2.57. The molecule has 208 valence electrons. The number of nitriles is 1. The molecule has 0 aliphatic carbocycles. The van der Waals surface area contributed by atoms with Crippen LogP contribution >= 0.6 is 0 Å². The highest BCUT2D eigenvalue weighted by Crippen LogP contribution is 2.38. The molecule has 4 amide bonds. The maximum Gasteiger partial charge on any atom is 0.417 e. The smallest absolute Gasteiger partial charge is 0.305 e. The largest absolute Gasteiger partial charge is 0.417 e. The van der Waals surface area contributed by atoms with Crippen molar-refractivity contribution in [2.45, 2.75) is 51.5 Å². The topological polar surface area (TPSA) is 144 Å². The molecular formula is C26H24F3N7O4. The molecule has 1 aliphatic heterocycles. The number of hydrogen-bond donors (Lipinski definition) is 2. The highest BCUT2D eigenvalue weighted by molar-refractivity contribution is 6.23. The van der Waals surface area contributed by atoms with E-state index in [0.717, 1.165) is 17.7 Å². The molecule has 14 heteroatoms. The standard InChI is InChI=1S/C26H24F3N7O4/c1-25(2)23(38)36(19-10-9-18(13-30)20(12-19)26(27,28)29)24(39)35(25)14-16-5-7-17(8-6-16)21-15-34(33-31-21)11-3-4-22(37)32-40/h5-10,12,15,40H,3-4,11,14H2,1-2H3,(H,32,37). The lowest BCUT2D eigenvalue weighted by Crippen LogP contribution is -2.43. The molecule has 0 unspecified atom stereocenters. The van der Waals surface area contributed by atoms with E-state index in [0.29, 0.717) is 35.2 Å². The van der Waals surface area contributed by atoms with Crippen molar-refractivity contribution >= 4 is 23.5 Å². The zero-order valence-electron chi connectivity index (χ0n) is 21.4. The third-order valence-corrected chi connectivity index (χ3v) is 6.56. The Bertz CT molecular complexity index is 1490. The van der Waals surface area contributed by atoms with Gasteiger partial charge in [0.15, 0.2) is 0 Å². The Morgan fingerprint density at radius 3 is 2.48 bits per heavy atom. The molecule has 1 fully saturated rings. The Balaban J connectivity index is 1.50. The first-order valence-corrected chi connectivity index (χ1v) is 12.1. The highest BCUT2D eigenvalue weighted by atomic mass is 19.4. The molecule has 0 radical (unpaired) electrons. The number of benzene rings is 2. The van der Waals surface area contributed by atoms with Crippen molar-refractivity contribution in [2.24, 2.45) is 0 Å². The summed E-state index contributed by atoms with van der Waals surface area (Å²) >= 11 is 0. The van der Waals surface area contributed by atoms with E-state index in [4.69, 9.17) is 10.5 Å². The van der Waals surface area contributed by atoms with Crippen LogP contribution in [0.2, 0.25) is 0 Å². The Labute approximate surface area is 226 Å². The fourth-order valence-electron chi connectivity index (χ4n) is 4.29. The first-order chi connectivity index (χ1) is 18.9. The normalized spacial score (nSPS) is 14.9. The number of hydroxylamine groups is 1. The Hall–Kier alpha value is -4.77. The van der Waals surface area contributed by atoms with Gasteiger partial charge >= 0.3 is 12.2 Å². The Morgan fingerprint density at radius 2 is 1.85 bits per heavy atom. The number of imide groups is 1. The SMILES string of the molecule is CC1(C)C(=O)N(c2ccc(C#N)c(C(F)(F)F)c2)C(=O)N1Cc1ccc(-c2cn(CCCC(=O)NO)nn2)cc1. The van der Waals surface area contributed by atoms with Gasteiger partial charge in [0, 0.05) is 25.1 Å². The molecule has 40 heavy (non-hydrogen) atoms. The predicted octanol–water partition coefficient (Wildman–Crippen LogP) is 3.87. The van der Waals surface area contributed by atoms with Crippen molar-refractivity contribution in [3.63, 3.8) is 0 Å². The van der Waals surface area contributed by atoms with E-state index >= 15 is 0 Å². The number of aromatic nitrogens is 3. The van der Waals surface area contributed by atoms with Crippen LogP contribution in [0.1, 0.15) is 43.4 Å². The molecule has 1 saturated heterocycles. The summed E-state index contributed by atoms with van der Waals surface area (Å²) in [4.78, 5) is 39.6. The fraction of sp³-hybridized carbons (Fsp3) is 0.308. The molecule has 0 bridgehead atoms. The van der Waals surface area contributed by atoms with Gasteiger partial charge in [0.25, 0.3) is 5.91 Å². The molecule has 11 nitrogen and oxygen atoms in total. The van der Waals surface area contributed by atoms with Crippen LogP contribution in [0.5, 0.6) is 0 Å². The molecule has 0 spiro atoms. The van der Waals surface area contributed by atoms with Crippen molar-refractivity contribution in [1.82, 2.24) is 25.4 Å². The van der Waals surface area contributed by atoms with Crippen LogP contribution in [0, 0.1) is 11.3 Å². The first kappa shape index (κ1) is 28.2. The highest BCUT2D eigenvalue weighted by Gasteiger charge is 2.52. The van der Waals surface area contributed by atoms with Crippen molar-refractivity contribution < 1.29 is 32.8 Å². The van der Waals surface area contributed by atoms with Crippen LogP contribution in [-0.4, -0.2) is 48.5 Å². The Morgan fingerprint density at radius 1 is 1.15 bits per heavy atom. The minimum absolute atomic E-state index is 0.0103. The molecule has 3 aromatic rings. The second-order valence-corrected chi connectivity index (χ2v) is 9.61. The number of nitrogens with zero attached hydrogens (tertiary/aromatic N) is 6. The number of carbonyl (C=O) groups is 3. The van der Waals surface area contributed by atoms with E-state index in [-0.39, 0.29) is 18.7 Å². The summed E-state index contributed by atoms with van der Waals surface area (Å²) in [6.45, 7) is 3.45. The average Bonchev–Trinajstić information content (AvgIpc) is 3.45. The van der Waals surface area contributed by atoms with Gasteiger partial charge < -0.3 is 4.90 Å².